The highest BCUT2D eigenvalue weighted by Gasteiger charge is 2.39. The molecule has 1 aromatic carbocycles. The van der Waals surface area contributed by atoms with Crippen LogP contribution in [0, 0.1) is 17.1 Å². The van der Waals surface area contributed by atoms with Crippen LogP contribution in [0.25, 0.3) is 0 Å². The van der Waals surface area contributed by atoms with E-state index in [1.54, 1.807) is 11.6 Å². The van der Waals surface area contributed by atoms with Crippen molar-refractivity contribution in [1.82, 2.24) is 14.2 Å². The van der Waals surface area contributed by atoms with Crippen LogP contribution in [0.5, 0.6) is 0 Å². The Morgan fingerprint density at radius 1 is 1.29 bits per heavy atom. The molecule has 2 N–H and O–H groups in total. The zero-order valence-electron chi connectivity index (χ0n) is 19.2. The molecule has 2 aliphatic rings. The Labute approximate surface area is 207 Å². The number of hydrogen-bond acceptors (Lipinski definition) is 7. The maximum absolute atomic E-state index is 13.7. The number of rotatable bonds is 8. The number of aromatic nitrogens is 1. The first-order valence-electron chi connectivity index (χ1n) is 11.6. The average molecular weight is 522 g/mol. The zero-order valence-corrected chi connectivity index (χ0v) is 20.8. The highest BCUT2D eigenvalue weighted by atomic mass is 32.2. The lowest BCUT2D eigenvalue weighted by Gasteiger charge is -2.39. The van der Waals surface area contributed by atoms with Gasteiger partial charge in [-0.05, 0) is 30.5 Å². The van der Waals surface area contributed by atoms with E-state index in [1.807, 2.05) is 0 Å². The smallest absolute Gasteiger partial charge is 0.248 e. The number of hydrogen-bond donors (Lipinski definition) is 2. The highest BCUT2D eigenvalue weighted by molar-refractivity contribution is 7.89. The number of benzene rings is 1. The van der Waals surface area contributed by atoms with Crippen molar-refractivity contribution in [3.8, 4) is 0 Å². The second-order valence-corrected chi connectivity index (χ2v) is 11.7. The summed E-state index contributed by atoms with van der Waals surface area (Å²) in [4.78, 5) is 31.8. The van der Waals surface area contributed by atoms with Gasteiger partial charge in [-0.15, -0.1) is 11.3 Å². The van der Waals surface area contributed by atoms with Crippen molar-refractivity contribution in [1.29, 1.82) is 5.41 Å². The summed E-state index contributed by atoms with van der Waals surface area (Å²) in [5, 5.41) is 12.3. The monoisotopic (exact) mass is 521 g/mol. The quantitative estimate of drug-likeness (QED) is 0.517. The van der Waals surface area contributed by atoms with Gasteiger partial charge >= 0.3 is 0 Å². The number of carbonyl (C=O) groups is 2. The van der Waals surface area contributed by atoms with E-state index in [1.165, 1.54) is 22.7 Å². The molecule has 9 nitrogen and oxygen atoms in total. The molecule has 1 aliphatic heterocycles. The molecule has 2 heterocycles. The Morgan fingerprint density at radius 2 is 2.06 bits per heavy atom. The fourth-order valence-corrected chi connectivity index (χ4v) is 6.68. The first-order valence-corrected chi connectivity index (χ1v) is 13.9. The minimum atomic E-state index is -4.07. The van der Waals surface area contributed by atoms with Crippen LogP contribution in [0.4, 0.5) is 9.52 Å². The SMILES string of the molecule is N=Cc1cc(S(=O)(=O)N2CCN([C@@H](CC3CCCCC3)C(=O)Nc3nccs3)C(=O)C2)ccc1F. The Kier molecular flexibility index (Phi) is 7.92. The lowest BCUT2D eigenvalue weighted by atomic mass is 9.84. The van der Waals surface area contributed by atoms with Crippen molar-refractivity contribution in [3.63, 3.8) is 0 Å². The van der Waals surface area contributed by atoms with Gasteiger partial charge in [0.1, 0.15) is 11.9 Å². The van der Waals surface area contributed by atoms with Gasteiger partial charge in [-0.1, -0.05) is 32.1 Å². The Hall–Kier alpha value is -2.70. The van der Waals surface area contributed by atoms with Gasteiger partial charge in [-0.2, -0.15) is 4.31 Å². The van der Waals surface area contributed by atoms with E-state index in [9.17, 15) is 22.4 Å². The normalized spacial score (nSPS) is 18.9. The molecule has 1 saturated heterocycles. The lowest BCUT2D eigenvalue weighted by Crippen LogP contribution is -2.58. The van der Waals surface area contributed by atoms with Gasteiger partial charge in [0.15, 0.2) is 5.13 Å². The molecule has 0 spiro atoms. The molecule has 35 heavy (non-hydrogen) atoms. The van der Waals surface area contributed by atoms with E-state index in [0.29, 0.717) is 17.5 Å². The second kappa shape index (κ2) is 10.9. The molecule has 1 aromatic heterocycles. The number of halogens is 1. The molecule has 12 heteroatoms. The highest BCUT2D eigenvalue weighted by Crippen LogP contribution is 2.30. The van der Waals surface area contributed by atoms with Gasteiger partial charge in [-0.3, -0.25) is 9.59 Å². The second-order valence-electron chi connectivity index (χ2n) is 8.84. The van der Waals surface area contributed by atoms with E-state index in [2.05, 4.69) is 10.3 Å². The zero-order chi connectivity index (χ0) is 25.0. The van der Waals surface area contributed by atoms with Crippen molar-refractivity contribution in [2.24, 2.45) is 5.92 Å². The number of thiazole rings is 1. The summed E-state index contributed by atoms with van der Waals surface area (Å²) in [5.74, 6) is -1.14. The van der Waals surface area contributed by atoms with Crippen molar-refractivity contribution < 1.29 is 22.4 Å². The fraction of sp³-hybridized carbons (Fsp3) is 0.478. The number of anilines is 1. The number of carbonyl (C=O) groups excluding carboxylic acids is 2. The van der Waals surface area contributed by atoms with Gasteiger partial charge < -0.3 is 15.6 Å². The largest absolute Gasteiger partial charge is 0.328 e. The van der Waals surface area contributed by atoms with Crippen LogP contribution < -0.4 is 5.32 Å². The number of piperazine rings is 1. The third kappa shape index (κ3) is 5.76. The first kappa shape index (κ1) is 25.4. The van der Waals surface area contributed by atoms with E-state index < -0.39 is 34.3 Å². The van der Waals surface area contributed by atoms with Crippen LogP contribution in [0.15, 0.2) is 34.7 Å². The minimum Gasteiger partial charge on any atom is -0.328 e. The molecule has 1 atom stereocenters. The maximum atomic E-state index is 13.7. The molecule has 0 radical (unpaired) electrons. The maximum Gasteiger partial charge on any atom is 0.248 e. The third-order valence-corrected chi connectivity index (χ3v) is 9.14. The molecule has 188 valence electrons. The van der Waals surface area contributed by atoms with Crippen molar-refractivity contribution in [2.75, 3.05) is 25.0 Å². The van der Waals surface area contributed by atoms with Gasteiger partial charge in [0.25, 0.3) is 0 Å². The van der Waals surface area contributed by atoms with E-state index in [4.69, 9.17) is 5.41 Å². The van der Waals surface area contributed by atoms with Gasteiger partial charge in [-0.25, -0.2) is 17.8 Å². The van der Waals surface area contributed by atoms with Crippen LogP contribution in [-0.4, -0.2) is 66.3 Å². The lowest BCUT2D eigenvalue weighted by molar-refractivity contribution is -0.142. The van der Waals surface area contributed by atoms with Crippen LogP contribution in [0.2, 0.25) is 0 Å². The van der Waals surface area contributed by atoms with Gasteiger partial charge in [0.05, 0.1) is 11.4 Å². The number of amides is 2. The topological polar surface area (TPSA) is 124 Å². The summed E-state index contributed by atoms with van der Waals surface area (Å²) >= 11 is 1.29. The summed E-state index contributed by atoms with van der Waals surface area (Å²) in [6.07, 6.45) is 8.23. The number of sulfonamides is 1. The minimum absolute atomic E-state index is 0.0110. The van der Waals surface area contributed by atoms with E-state index >= 15 is 0 Å². The van der Waals surface area contributed by atoms with E-state index in [-0.39, 0.29) is 29.5 Å². The molecule has 2 amide bonds. The molecule has 4 rings (SSSR count). The predicted octanol–water partition coefficient (Wildman–Crippen LogP) is 3.09. The Morgan fingerprint density at radius 3 is 2.71 bits per heavy atom. The Balaban J connectivity index is 1.51. The fourth-order valence-electron chi connectivity index (χ4n) is 4.73. The Bertz CT molecular complexity index is 1180. The summed E-state index contributed by atoms with van der Waals surface area (Å²) in [6, 6.07) is 2.49. The van der Waals surface area contributed by atoms with Crippen molar-refractivity contribution in [2.45, 2.75) is 49.5 Å². The summed E-state index contributed by atoms with van der Waals surface area (Å²) in [7, 11) is -4.07. The third-order valence-electron chi connectivity index (χ3n) is 6.61. The number of nitrogens with zero attached hydrogens (tertiary/aromatic N) is 3. The molecular formula is C23H28FN5O4S2. The summed E-state index contributed by atoms with van der Waals surface area (Å²) in [5.41, 5.74) is -0.151. The standard InChI is InChI=1S/C23H28FN5O4S2/c24-19-7-6-18(13-17(19)14-25)35(32,33)28-9-10-29(21(30)15-28)20(12-16-4-2-1-3-5-16)22(31)27-23-26-8-11-34-23/h6-8,11,13-14,16,20,25H,1-5,9-10,12,15H2,(H,26,27,31)/t20-/m0/s1. The number of nitrogens with one attached hydrogen (secondary N) is 2. The molecule has 2 aromatic rings. The van der Waals surface area contributed by atoms with Crippen LogP contribution in [0.3, 0.4) is 0 Å². The van der Waals surface area contributed by atoms with Crippen molar-refractivity contribution in [3.05, 3.63) is 41.2 Å². The van der Waals surface area contributed by atoms with Crippen LogP contribution >= 0.6 is 11.3 Å². The molecule has 0 unspecified atom stereocenters. The van der Waals surface area contributed by atoms with Crippen molar-refractivity contribution >= 4 is 44.5 Å². The predicted molar refractivity (Wildman–Crippen MR) is 130 cm³/mol. The molecular weight excluding hydrogens is 493 g/mol. The van der Waals surface area contributed by atoms with Gasteiger partial charge in [0, 0.05) is 36.4 Å². The molecule has 2 fully saturated rings. The van der Waals surface area contributed by atoms with Crippen LogP contribution in [0.1, 0.15) is 44.1 Å². The summed E-state index contributed by atoms with van der Waals surface area (Å²) in [6.45, 7) is -0.332. The molecule has 0 bridgehead atoms. The average Bonchev–Trinajstić information content (AvgIpc) is 3.36. The van der Waals surface area contributed by atoms with Crippen LogP contribution in [-0.2, 0) is 19.6 Å². The molecule has 1 aliphatic carbocycles. The summed E-state index contributed by atoms with van der Waals surface area (Å²) < 4.78 is 41.0. The molecule has 1 saturated carbocycles. The van der Waals surface area contributed by atoms with Gasteiger partial charge in [0.2, 0.25) is 21.8 Å². The van der Waals surface area contributed by atoms with E-state index in [0.717, 1.165) is 54.4 Å². The first-order chi connectivity index (χ1) is 16.8.